The first kappa shape index (κ1) is 29.6. The fourth-order valence-corrected chi connectivity index (χ4v) is 2.81. The first-order valence-corrected chi connectivity index (χ1v) is 9.33. The normalized spacial score (nSPS) is 34.2. The second kappa shape index (κ2) is 13.2. The molecule has 1 saturated carbocycles. The summed E-state index contributed by atoms with van der Waals surface area (Å²) in [6.07, 6.45) is -3.84. The average Bonchev–Trinajstić information content (AvgIpc) is 2.68. The van der Waals surface area contributed by atoms with E-state index in [-0.39, 0.29) is 33.1 Å². The number of carboxylic acid groups (broad SMARTS) is 2. The van der Waals surface area contributed by atoms with E-state index in [1.165, 1.54) is 12.8 Å². The number of hydrogen-bond acceptors (Lipinski definition) is 8. The van der Waals surface area contributed by atoms with Crippen LogP contribution in [0, 0.1) is 0 Å². The van der Waals surface area contributed by atoms with E-state index < -0.39 is 60.7 Å². The zero-order valence-electron chi connectivity index (χ0n) is 15.8. The van der Waals surface area contributed by atoms with Crippen LogP contribution >= 0.6 is 11.6 Å². The molecule has 178 valence electrons. The molecule has 2 fully saturated rings. The van der Waals surface area contributed by atoms with Crippen molar-refractivity contribution < 1.29 is 70.8 Å². The number of hydrogen-bond donors (Lipinski definition) is 6. The number of aliphatic carboxylic acids is 2. The predicted octanol–water partition coefficient (Wildman–Crippen LogP) is -0.651. The molecule has 7 atom stereocenters. The minimum absolute atomic E-state index is 0. The van der Waals surface area contributed by atoms with Crippen molar-refractivity contribution >= 4 is 23.5 Å². The molecule has 0 spiro atoms. The van der Waals surface area contributed by atoms with E-state index in [9.17, 15) is 24.9 Å². The SMILES string of the molecule is O=C(O)C(Cl)(COC1O[C@H](CO)[C@@H](O)[C@H](O)[C@H]1O)C(=O)O.[NH-][C@@H]1CCCC[C@H]1[NH-].[Pt+2]. The number of ether oxygens (including phenoxy) is 2. The second-order valence-electron chi connectivity index (χ2n) is 6.92. The molecule has 1 heterocycles. The van der Waals surface area contributed by atoms with Gasteiger partial charge in [-0.15, -0.1) is 0 Å². The number of nitrogens with one attached hydrogen (secondary N) is 2. The van der Waals surface area contributed by atoms with Crippen molar-refractivity contribution in [2.45, 2.75) is 73.3 Å². The average molecular weight is 638 g/mol. The Hall–Kier alpha value is -0.402. The molecule has 30 heavy (non-hydrogen) atoms. The van der Waals surface area contributed by atoms with Crippen molar-refractivity contribution in [1.82, 2.24) is 0 Å². The van der Waals surface area contributed by atoms with Crippen molar-refractivity contribution in [2.24, 2.45) is 0 Å². The van der Waals surface area contributed by atoms with Gasteiger partial charge >= 0.3 is 33.0 Å². The Morgan fingerprint density at radius 3 is 1.83 bits per heavy atom. The Morgan fingerprint density at radius 1 is 1.00 bits per heavy atom. The molecular formula is C16H27ClN2O10Pt. The zero-order chi connectivity index (χ0) is 22.4. The van der Waals surface area contributed by atoms with Crippen LogP contribution in [0.1, 0.15) is 25.7 Å². The first-order valence-electron chi connectivity index (χ1n) is 8.95. The third kappa shape index (κ3) is 7.63. The molecular weight excluding hydrogens is 611 g/mol. The van der Waals surface area contributed by atoms with Crippen LogP contribution in [0.25, 0.3) is 11.5 Å². The number of carboxylic acids is 2. The summed E-state index contributed by atoms with van der Waals surface area (Å²) in [6, 6.07) is -0.160. The van der Waals surface area contributed by atoms with E-state index in [1.807, 2.05) is 0 Å². The molecule has 12 nitrogen and oxygen atoms in total. The van der Waals surface area contributed by atoms with Crippen molar-refractivity contribution in [3.63, 3.8) is 0 Å². The molecule has 0 amide bonds. The van der Waals surface area contributed by atoms with Crippen LogP contribution < -0.4 is 0 Å². The number of aliphatic hydroxyl groups is 4. The van der Waals surface area contributed by atoms with Crippen molar-refractivity contribution in [1.29, 1.82) is 0 Å². The Labute approximate surface area is 192 Å². The van der Waals surface area contributed by atoms with E-state index in [0.29, 0.717) is 0 Å². The molecule has 0 aromatic rings. The molecule has 14 heteroatoms. The monoisotopic (exact) mass is 637 g/mol. The van der Waals surface area contributed by atoms with Crippen LogP contribution in [0.15, 0.2) is 0 Å². The van der Waals surface area contributed by atoms with Gasteiger partial charge in [-0.05, 0) is 0 Å². The molecule has 2 aliphatic rings. The van der Waals surface area contributed by atoms with Gasteiger partial charge in [0.15, 0.2) is 6.29 Å². The van der Waals surface area contributed by atoms with E-state index in [0.717, 1.165) is 12.8 Å². The minimum atomic E-state index is -2.81. The van der Waals surface area contributed by atoms with Gasteiger partial charge in [0.05, 0.1) is 13.2 Å². The van der Waals surface area contributed by atoms with Gasteiger partial charge in [-0.25, -0.2) is 9.59 Å². The van der Waals surface area contributed by atoms with Gasteiger partial charge in [0, 0.05) is 0 Å². The molecule has 8 N–H and O–H groups in total. The third-order valence-corrected chi connectivity index (χ3v) is 5.17. The standard InChI is InChI=1S/C10H15ClO10.C6H12N2.Pt/c11-10(8(16)17,9(18)19)2-20-7-6(15)5(14)4(13)3(1-12)21-7;7-5-3-1-2-4-6(5)8;/h3-7,12-15H,1-2H2,(H,16,17)(H,18,19);5-8H,1-4H2;/q;-2;+2/t3-,4-,5+,6-,7?;5-,6-;/m11./s1. The summed E-state index contributed by atoms with van der Waals surface area (Å²) in [5, 5.41) is 55.1. The molecule has 2 rings (SSSR count). The van der Waals surface area contributed by atoms with E-state index in [1.54, 1.807) is 0 Å². The summed E-state index contributed by atoms with van der Waals surface area (Å²) in [6.45, 7) is -1.80. The summed E-state index contributed by atoms with van der Waals surface area (Å²) < 4.78 is 9.69. The molecule has 1 aliphatic carbocycles. The van der Waals surface area contributed by atoms with Crippen molar-refractivity contribution in [3.8, 4) is 0 Å². The summed E-state index contributed by atoms with van der Waals surface area (Å²) >= 11 is 5.39. The summed E-state index contributed by atoms with van der Waals surface area (Å²) in [4.78, 5) is 18.8. The molecule has 0 aromatic heterocycles. The third-order valence-electron chi connectivity index (χ3n) is 4.74. The van der Waals surface area contributed by atoms with E-state index in [2.05, 4.69) is 0 Å². The van der Waals surface area contributed by atoms with Gasteiger partial charge < -0.3 is 51.6 Å². The quantitative estimate of drug-likeness (QED) is 0.159. The van der Waals surface area contributed by atoms with Gasteiger partial charge in [-0.1, -0.05) is 37.3 Å². The number of rotatable bonds is 6. The largest absolute Gasteiger partial charge is 2.00 e. The van der Waals surface area contributed by atoms with Crippen molar-refractivity contribution in [3.05, 3.63) is 11.5 Å². The van der Waals surface area contributed by atoms with Gasteiger partial charge in [0.25, 0.3) is 4.87 Å². The molecule has 1 saturated heterocycles. The van der Waals surface area contributed by atoms with Crippen LogP contribution in [-0.4, -0.2) is 103 Å². The van der Waals surface area contributed by atoms with Gasteiger partial charge in [0.2, 0.25) is 0 Å². The molecule has 0 bridgehead atoms. The molecule has 0 aromatic carbocycles. The van der Waals surface area contributed by atoms with Gasteiger partial charge in [-0.3, -0.25) is 0 Å². The number of alkyl halides is 1. The number of carbonyl (C=O) groups is 2. The van der Waals surface area contributed by atoms with Gasteiger partial charge in [0.1, 0.15) is 24.4 Å². The Balaban J connectivity index is 0.000000782. The van der Waals surface area contributed by atoms with E-state index >= 15 is 0 Å². The van der Waals surface area contributed by atoms with Crippen LogP contribution in [-0.2, 0) is 40.1 Å². The van der Waals surface area contributed by atoms with Crippen LogP contribution in [0.5, 0.6) is 0 Å². The van der Waals surface area contributed by atoms with Crippen LogP contribution in [0.3, 0.4) is 0 Å². The topological polar surface area (TPSA) is 222 Å². The molecule has 0 radical (unpaired) electrons. The summed E-state index contributed by atoms with van der Waals surface area (Å²) in [7, 11) is 0. The molecule has 1 aliphatic heterocycles. The first-order chi connectivity index (χ1) is 13.5. The maximum absolute atomic E-state index is 10.8. The van der Waals surface area contributed by atoms with Crippen LogP contribution in [0.4, 0.5) is 0 Å². The summed E-state index contributed by atoms with van der Waals surface area (Å²) in [5.74, 6) is -3.78. The second-order valence-corrected chi connectivity index (χ2v) is 7.56. The minimum Gasteiger partial charge on any atom is -0.676 e. The Bertz CT molecular complexity index is 534. The fourth-order valence-electron chi connectivity index (χ4n) is 2.75. The number of aliphatic hydroxyl groups excluding tert-OH is 4. The Kier molecular flexibility index (Phi) is 13.0. The van der Waals surface area contributed by atoms with Gasteiger partial charge in [-0.2, -0.15) is 12.1 Å². The predicted molar refractivity (Wildman–Crippen MR) is 98.3 cm³/mol. The zero-order valence-corrected chi connectivity index (χ0v) is 18.8. The fraction of sp³-hybridized carbons (Fsp3) is 0.875. The van der Waals surface area contributed by atoms with E-state index in [4.69, 9.17) is 47.9 Å². The smallest absolute Gasteiger partial charge is 0.676 e. The molecule has 1 unspecified atom stereocenters. The number of halogens is 1. The van der Waals surface area contributed by atoms with Crippen molar-refractivity contribution in [2.75, 3.05) is 13.2 Å². The maximum atomic E-state index is 10.8. The Morgan fingerprint density at radius 2 is 1.47 bits per heavy atom. The summed E-state index contributed by atoms with van der Waals surface area (Å²) in [5.41, 5.74) is 14.6. The maximum Gasteiger partial charge on any atom is 2.00 e. The van der Waals surface area contributed by atoms with Crippen LogP contribution in [0.2, 0.25) is 0 Å².